The first-order chi connectivity index (χ1) is 14.2. The molecule has 0 radical (unpaired) electrons. The molecule has 1 aromatic rings. The van der Waals surface area contributed by atoms with E-state index in [-0.39, 0.29) is 5.91 Å². The smallest absolute Gasteiger partial charge is 0.224 e. The van der Waals surface area contributed by atoms with Crippen molar-refractivity contribution in [3.63, 3.8) is 0 Å². The molecule has 0 bridgehead atoms. The maximum absolute atomic E-state index is 12.8. The van der Waals surface area contributed by atoms with Crippen molar-refractivity contribution in [3.05, 3.63) is 24.3 Å². The summed E-state index contributed by atoms with van der Waals surface area (Å²) in [6.07, 6.45) is 9.28. The average molecular weight is 419 g/mol. The normalized spacial score (nSPS) is 19.1. The number of piperidine rings is 1. The van der Waals surface area contributed by atoms with Crippen molar-refractivity contribution >= 4 is 29.4 Å². The van der Waals surface area contributed by atoms with Crippen LogP contribution < -0.4 is 10.0 Å². The molecule has 1 saturated carbocycles. The average Bonchev–Trinajstić information content (AvgIpc) is 2.75. The molecule has 0 atom stereocenters. The van der Waals surface area contributed by atoms with Crippen molar-refractivity contribution in [2.24, 2.45) is 5.92 Å². The molecule has 3 rings (SSSR count). The van der Waals surface area contributed by atoms with Gasteiger partial charge >= 0.3 is 0 Å². The van der Waals surface area contributed by atoms with Gasteiger partial charge in [-0.2, -0.15) is 0 Å². The van der Waals surface area contributed by atoms with E-state index >= 15 is 0 Å². The summed E-state index contributed by atoms with van der Waals surface area (Å²) in [6.45, 7) is 8.22. The quantitative estimate of drug-likeness (QED) is 0.528. The van der Waals surface area contributed by atoms with Crippen LogP contribution in [0.4, 0.5) is 11.4 Å². The van der Waals surface area contributed by atoms with Gasteiger partial charge in [0.15, 0.2) is 0 Å². The van der Waals surface area contributed by atoms with E-state index in [2.05, 4.69) is 51.3 Å². The SMILES string of the molecule is CCN(C(=O)CCNc1ccccc1NSN1CCC(C)CC1)C1CCCCC1. The number of benzene rings is 1. The van der Waals surface area contributed by atoms with E-state index in [0.717, 1.165) is 36.9 Å². The lowest BCUT2D eigenvalue weighted by Gasteiger charge is -2.33. The molecule has 1 aromatic carbocycles. The Morgan fingerprint density at radius 3 is 2.48 bits per heavy atom. The molecule has 2 fully saturated rings. The standard InChI is InChI=1S/C23H38N4OS/c1-3-27(20-9-5-4-6-10-20)23(28)13-16-24-21-11-7-8-12-22(21)25-29-26-17-14-19(2)15-18-26/h7-8,11-12,19-20,24-25H,3-6,9-10,13-18H2,1-2H3. The van der Waals surface area contributed by atoms with Gasteiger partial charge in [-0.05, 0) is 50.7 Å². The number of para-hydroxylation sites is 2. The van der Waals surface area contributed by atoms with Crippen molar-refractivity contribution in [2.45, 2.75) is 71.3 Å². The largest absolute Gasteiger partial charge is 0.383 e. The van der Waals surface area contributed by atoms with Gasteiger partial charge in [0.2, 0.25) is 5.91 Å². The van der Waals surface area contributed by atoms with Crippen molar-refractivity contribution in [2.75, 3.05) is 36.2 Å². The van der Waals surface area contributed by atoms with E-state index in [1.807, 2.05) is 6.07 Å². The molecule has 162 valence electrons. The number of rotatable bonds is 9. The summed E-state index contributed by atoms with van der Waals surface area (Å²) in [5.74, 6) is 1.13. The number of hydrogen-bond acceptors (Lipinski definition) is 5. The molecule has 0 aromatic heterocycles. The highest BCUT2D eigenvalue weighted by Gasteiger charge is 2.23. The molecule has 1 aliphatic heterocycles. The van der Waals surface area contributed by atoms with Gasteiger partial charge in [0.1, 0.15) is 0 Å². The Labute approximate surface area is 181 Å². The van der Waals surface area contributed by atoms with Gasteiger partial charge in [-0.25, -0.2) is 4.31 Å². The minimum Gasteiger partial charge on any atom is -0.383 e. The highest BCUT2D eigenvalue weighted by molar-refractivity contribution is 7.98. The zero-order valence-electron chi connectivity index (χ0n) is 18.2. The maximum Gasteiger partial charge on any atom is 0.224 e. The van der Waals surface area contributed by atoms with Gasteiger partial charge in [-0.3, -0.25) is 4.79 Å². The molecule has 6 heteroatoms. The van der Waals surface area contributed by atoms with Crippen molar-refractivity contribution in [3.8, 4) is 0 Å². The highest BCUT2D eigenvalue weighted by Crippen LogP contribution is 2.28. The monoisotopic (exact) mass is 418 g/mol. The minimum atomic E-state index is 0.286. The van der Waals surface area contributed by atoms with Crippen LogP contribution in [0.15, 0.2) is 24.3 Å². The van der Waals surface area contributed by atoms with Crippen molar-refractivity contribution < 1.29 is 4.79 Å². The Hall–Kier alpha value is -1.40. The third kappa shape index (κ3) is 6.82. The van der Waals surface area contributed by atoms with Crippen LogP contribution in [-0.4, -0.2) is 47.3 Å². The molecule has 1 heterocycles. The van der Waals surface area contributed by atoms with Gasteiger partial charge in [-0.15, -0.1) is 0 Å². The lowest BCUT2D eigenvalue weighted by atomic mass is 9.94. The third-order valence-corrected chi connectivity index (χ3v) is 7.22. The van der Waals surface area contributed by atoms with Crippen LogP contribution in [-0.2, 0) is 4.79 Å². The fourth-order valence-electron chi connectivity index (χ4n) is 4.39. The Bertz CT molecular complexity index is 627. The summed E-state index contributed by atoms with van der Waals surface area (Å²) in [4.78, 5) is 14.9. The van der Waals surface area contributed by atoms with Gasteiger partial charge in [0.25, 0.3) is 0 Å². The van der Waals surface area contributed by atoms with E-state index in [1.54, 1.807) is 12.1 Å². The van der Waals surface area contributed by atoms with Crippen LogP contribution in [0.1, 0.15) is 65.2 Å². The summed E-state index contributed by atoms with van der Waals surface area (Å²) in [6, 6.07) is 8.75. The fraction of sp³-hybridized carbons (Fsp3) is 0.696. The molecule has 5 nitrogen and oxygen atoms in total. The third-order valence-electron chi connectivity index (χ3n) is 6.29. The summed E-state index contributed by atoms with van der Waals surface area (Å²) < 4.78 is 5.91. The number of carbonyl (C=O) groups is 1. The summed E-state index contributed by atoms with van der Waals surface area (Å²) in [7, 11) is 0. The number of hydrogen-bond donors (Lipinski definition) is 2. The van der Waals surface area contributed by atoms with Crippen molar-refractivity contribution in [1.82, 2.24) is 9.21 Å². The molecule has 1 aliphatic carbocycles. The molecule has 2 aliphatic rings. The van der Waals surface area contributed by atoms with Crippen molar-refractivity contribution in [1.29, 1.82) is 0 Å². The van der Waals surface area contributed by atoms with Crippen LogP contribution >= 0.6 is 12.1 Å². The second kappa shape index (κ2) is 11.7. The second-order valence-corrected chi connectivity index (χ2v) is 9.40. The first kappa shape index (κ1) is 22.3. The number of anilines is 2. The first-order valence-electron chi connectivity index (χ1n) is 11.5. The Morgan fingerprint density at radius 2 is 1.79 bits per heavy atom. The fourth-order valence-corrected chi connectivity index (χ4v) is 5.19. The topological polar surface area (TPSA) is 47.6 Å². The molecule has 1 amide bonds. The molecule has 29 heavy (non-hydrogen) atoms. The molecule has 0 unspecified atom stereocenters. The number of nitrogens with zero attached hydrogens (tertiary/aromatic N) is 2. The number of nitrogens with one attached hydrogen (secondary N) is 2. The van der Waals surface area contributed by atoms with Crippen LogP contribution in [0, 0.1) is 5.92 Å². The first-order valence-corrected chi connectivity index (χ1v) is 12.2. The van der Waals surface area contributed by atoms with Crippen LogP contribution in [0.5, 0.6) is 0 Å². The zero-order valence-corrected chi connectivity index (χ0v) is 19.0. The Kier molecular flexibility index (Phi) is 8.99. The van der Waals surface area contributed by atoms with Gasteiger partial charge in [0.05, 0.1) is 11.4 Å². The van der Waals surface area contributed by atoms with Gasteiger partial charge in [0, 0.05) is 50.8 Å². The number of carbonyl (C=O) groups excluding carboxylic acids is 1. The predicted octanol–water partition coefficient (Wildman–Crippen LogP) is 5.38. The van der Waals surface area contributed by atoms with Crippen LogP contribution in [0.25, 0.3) is 0 Å². The minimum absolute atomic E-state index is 0.286. The molecule has 0 spiro atoms. The van der Waals surface area contributed by atoms with E-state index < -0.39 is 0 Å². The van der Waals surface area contributed by atoms with Gasteiger partial charge < -0.3 is 14.9 Å². The van der Waals surface area contributed by atoms with E-state index in [1.165, 1.54) is 44.9 Å². The second-order valence-electron chi connectivity index (χ2n) is 8.50. The van der Waals surface area contributed by atoms with Crippen LogP contribution in [0.3, 0.4) is 0 Å². The summed E-state index contributed by atoms with van der Waals surface area (Å²) in [5, 5.41) is 3.48. The summed E-state index contributed by atoms with van der Waals surface area (Å²) in [5.41, 5.74) is 2.15. The van der Waals surface area contributed by atoms with Gasteiger partial charge in [-0.1, -0.05) is 38.3 Å². The van der Waals surface area contributed by atoms with E-state index in [9.17, 15) is 4.79 Å². The van der Waals surface area contributed by atoms with Crippen LogP contribution in [0.2, 0.25) is 0 Å². The Morgan fingerprint density at radius 1 is 1.10 bits per heavy atom. The zero-order chi connectivity index (χ0) is 20.5. The molecular weight excluding hydrogens is 380 g/mol. The molecular formula is C23H38N4OS. The molecule has 1 saturated heterocycles. The predicted molar refractivity (Wildman–Crippen MR) is 125 cm³/mol. The lowest BCUT2D eigenvalue weighted by Crippen LogP contribution is -2.41. The lowest BCUT2D eigenvalue weighted by molar-refractivity contribution is -0.133. The maximum atomic E-state index is 12.8. The summed E-state index contributed by atoms with van der Waals surface area (Å²) >= 11 is 1.70. The van der Waals surface area contributed by atoms with E-state index in [0.29, 0.717) is 19.0 Å². The highest BCUT2D eigenvalue weighted by atomic mass is 32.2. The number of amides is 1. The molecule has 2 N–H and O–H groups in total. The Balaban J connectivity index is 1.45. The van der Waals surface area contributed by atoms with E-state index in [4.69, 9.17) is 0 Å².